The number of hydrogen-bond acceptors (Lipinski definition) is 4. The van der Waals surface area contributed by atoms with E-state index in [1.807, 2.05) is 30.3 Å². The van der Waals surface area contributed by atoms with Gasteiger partial charge in [-0.1, -0.05) is 18.2 Å². The number of hydrogen-bond donors (Lipinski definition) is 2. The number of benzene rings is 1. The Balaban J connectivity index is 1.74. The summed E-state index contributed by atoms with van der Waals surface area (Å²) >= 11 is 0. The Kier molecular flexibility index (Phi) is 3.38. The second kappa shape index (κ2) is 5.16. The van der Waals surface area contributed by atoms with Crippen molar-refractivity contribution in [2.75, 3.05) is 13.2 Å². The molecule has 1 amide bonds. The van der Waals surface area contributed by atoms with Crippen LogP contribution in [0.1, 0.15) is 6.42 Å². The predicted molar refractivity (Wildman–Crippen MR) is 60.1 cm³/mol. The molecule has 1 aliphatic rings. The first-order valence-corrected chi connectivity index (χ1v) is 5.10. The van der Waals surface area contributed by atoms with Gasteiger partial charge in [-0.05, 0) is 12.1 Å². The minimum Gasteiger partial charge on any atom is -0.493 e. The molecule has 1 aliphatic heterocycles. The average molecular weight is 219 g/mol. The molecule has 2 N–H and O–H groups in total. The van der Waals surface area contributed by atoms with Gasteiger partial charge in [0.2, 0.25) is 0 Å². The fraction of sp³-hybridized carbons (Fsp3) is 0.273. The molecule has 2 rings (SSSR count). The van der Waals surface area contributed by atoms with Crippen molar-refractivity contribution >= 4 is 11.7 Å². The summed E-state index contributed by atoms with van der Waals surface area (Å²) in [6, 6.07) is 9.59. The molecule has 0 bridgehead atoms. The molecule has 0 fully saturated rings. The third-order valence-corrected chi connectivity index (χ3v) is 2.11. The molecule has 0 radical (unpaired) electrons. The summed E-state index contributed by atoms with van der Waals surface area (Å²) in [5, 5.41) is 0. The van der Waals surface area contributed by atoms with Gasteiger partial charge >= 0.3 is 0 Å². The van der Waals surface area contributed by atoms with E-state index in [4.69, 9.17) is 4.74 Å². The lowest BCUT2D eigenvalue weighted by atomic mass is 10.3. The molecule has 5 nitrogen and oxygen atoms in total. The summed E-state index contributed by atoms with van der Waals surface area (Å²) < 4.78 is 5.50. The normalized spacial score (nSPS) is 14.8. The van der Waals surface area contributed by atoms with Crippen LogP contribution < -0.4 is 15.6 Å². The van der Waals surface area contributed by atoms with Crippen LogP contribution >= 0.6 is 0 Å². The zero-order valence-electron chi connectivity index (χ0n) is 8.77. The quantitative estimate of drug-likeness (QED) is 0.774. The zero-order valence-corrected chi connectivity index (χ0v) is 8.77. The Morgan fingerprint density at radius 2 is 2.06 bits per heavy atom. The molecule has 0 spiro atoms. The van der Waals surface area contributed by atoms with Crippen LogP contribution in [0.5, 0.6) is 5.75 Å². The molecule has 0 aliphatic carbocycles. The zero-order chi connectivity index (χ0) is 11.2. The van der Waals surface area contributed by atoms with E-state index in [9.17, 15) is 4.79 Å². The molecule has 0 saturated heterocycles. The number of amidine groups is 1. The van der Waals surface area contributed by atoms with Crippen LogP contribution in [0.25, 0.3) is 0 Å². The van der Waals surface area contributed by atoms with Crippen LogP contribution in [0, 0.1) is 0 Å². The number of para-hydroxylation sites is 1. The van der Waals surface area contributed by atoms with Crippen LogP contribution in [0.15, 0.2) is 35.3 Å². The fourth-order valence-corrected chi connectivity index (χ4v) is 1.31. The van der Waals surface area contributed by atoms with Gasteiger partial charge in [0, 0.05) is 6.42 Å². The van der Waals surface area contributed by atoms with Crippen molar-refractivity contribution < 1.29 is 9.53 Å². The maximum atomic E-state index is 10.8. The summed E-state index contributed by atoms with van der Waals surface area (Å²) in [6.45, 7) is 0.722. The molecule has 1 aromatic rings. The number of ether oxygens (including phenoxy) is 1. The van der Waals surface area contributed by atoms with Gasteiger partial charge < -0.3 is 4.74 Å². The first kappa shape index (κ1) is 10.5. The minimum absolute atomic E-state index is 0.118. The Morgan fingerprint density at radius 3 is 2.75 bits per heavy atom. The Labute approximate surface area is 93.5 Å². The van der Waals surface area contributed by atoms with Crippen molar-refractivity contribution in [2.24, 2.45) is 4.99 Å². The monoisotopic (exact) mass is 219 g/mol. The second-order valence-corrected chi connectivity index (χ2v) is 3.35. The van der Waals surface area contributed by atoms with Gasteiger partial charge in [-0.15, -0.1) is 0 Å². The van der Waals surface area contributed by atoms with E-state index in [2.05, 4.69) is 15.8 Å². The molecule has 1 heterocycles. The van der Waals surface area contributed by atoms with Gasteiger partial charge in [-0.2, -0.15) is 0 Å². The van der Waals surface area contributed by atoms with Crippen molar-refractivity contribution in [3.63, 3.8) is 0 Å². The van der Waals surface area contributed by atoms with Crippen LogP contribution in [0.3, 0.4) is 0 Å². The van der Waals surface area contributed by atoms with E-state index in [1.54, 1.807) is 0 Å². The maximum Gasteiger partial charge on any atom is 0.260 e. The molecule has 0 aromatic heterocycles. The molecule has 5 heteroatoms. The first-order chi connectivity index (χ1) is 7.84. The number of hydrazine groups is 1. The van der Waals surface area contributed by atoms with Gasteiger partial charge in [-0.3, -0.25) is 20.6 Å². The minimum atomic E-state index is -0.118. The lowest BCUT2D eigenvalue weighted by molar-refractivity contribution is -0.120. The van der Waals surface area contributed by atoms with E-state index in [0.717, 1.165) is 11.6 Å². The molecule has 0 saturated carbocycles. The van der Waals surface area contributed by atoms with Crippen molar-refractivity contribution in [3.05, 3.63) is 30.3 Å². The first-order valence-electron chi connectivity index (χ1n) is 5.10. The number of aliphatic imine (C=N–C) groups is 1. The van der Waals surface area contributed by atoms with Crippen LogP contribution in [-0.2, 0) is 4.79 Å². The smallest absolute Gasteiger partial charge is 0.260 e. The topological polar surface area (TPSA) is 62.7 Å². The van der Waals surface area contributed by atoms with E-state index >= 15 is 0 Å². The van der Waals surface area contributed by atoms with E-state index < -0.39 is 0 Å². The molecule has 16 heavy (non-hydrogen) atoms. The summed E-state index contributed by atoms with van der Waals surface area (Å²) in [7, 11) is 0. The van der Waals surface area contributed by atoms with Crippen LogP contribution in [0.4, 0.5) is 0 Å². The summed E-state index contributed by atoms with van der Waals surface area (Å²) in [4.78, 5) is 14.8. The number of rotatable bonds is 4. The van der Waals surface area contributed by atoms with E-state index in [0.29, 0.717) is 13.0 Å². The van der Waals surface area contributed by atoms with E-state index in [1.165, 1.54) is 0 Å². The summed E-state index contributed by atoms with van der Waals surface area (Å²) in [6.07, 6.45) is 0.648. The highest BCUT2D eigenvalue weighted by Crippen LogP contribution is 2.08. The highest BCUT2D eigenvalue weighted by molar-refractivity contribution is 5.91. The van der Waals surface area contributed by atoms with Crippen molar-refractivity contribution in [1.82, 2.24) is 10.9 Å². The van der Waals surface area contributed by atoms with Gasteiger partial charge in [0.05, 0.1) is 6.61 Å². The molecule has 0 atom stereocenters. The number of carbonyl (C=O) groups excluding carboxylic acids is 1. The molecule has 0 unspecified atom stereocenters. The van der Waals surface area contributed by atoms with Crippen LogP contribution in [-0.4, -0.2) is 24.9 Å². The third-order valence-electron chi connectivity index (χ3n) is 2.11. The Bertz CT molecular complexity index is 389. The largest absolute Gasteiger partial charge is 0.493 e. The highest BCUT2D eigenvalue weighted by Gasteiger charge is 2.08. The maximum absolute atomic E-state index is 10.8. The number of amides is 1. The van der Waals surface area contributed by atoms with Crippen LogP contribution in [0.2, 0.25) is 0 Å². The fourth-order valence-electron chi connectivity index (χ4n) is 1.31. The van der Waals surface area contributed by atoms with Gasteiger partial charge in [0.1, 0.15) is 18.1 Å². The molecular weight excluding hydrogens is 206 g/mol. The SMILES string of the molecule is O=C1CN=C(CCOc2ccccc2)NN1. The predicted octanol–water partition coefficient (Wildman–Crippen LogP) is 0.488. The number of nitrogens with one attached hydrogen (secondary N) is 2. The Morgan fingerprint density at radius 1 is 1.25 bits per heavy atom. The van der Waals surface area contributed by atoms with Gasteiger partial charge in [0.25, 0.3) is 5.91 Å². The van der Waals surface area contributed by atoms with E-state index in [-0.39, 0.29) is 12.5 Å². The Hall–Kier alpha value is -2.04. The summed E-state index contributed by atoms with van der Waals surface area (Å²) in [5.41, 5.74) is 5.23. The lowest BCUT2D eigenvalue weighted by Crippen LogP contribution is -2.47. The standard InChI is InChI=1S/C11H13N3O2/c15-11-8-12-10(13-14-11)6-7-16-9-4-2-1-3-5-9/h1-5H,6-8H2,(H,12,13)(H,14,15). The molecular formula is C11H13N3O2. The molecule has 84 valence electrons. The average Bonchev–Trinajstić information content (AvgIpc) is 2.33. The van der Waals surface area contributed by atoms with Gasteiger partial charge in [-0.25, -0.2) is 0 Å². The number of nitrogens with zero attached hydrogens (tertiary/aromatic N) is 1. The highest BCUT2D eigenvalue weighted by atomic mass is 16.5. The lowest BCUT2D eigenvalue weighted by Gasteiger charge is -2.15. The summed E-state index contributed by atoms with van der Waals surface area (Å²) in [5.74, 6) is 1.46. The third kappa shape index (κ3) is 2.98. The second-order valence-electron chi connectivity index (χ2n) is 3.35. The molecule has 1 aromatic carbocycles. The van der Waals surface area contributed by atoms with Gasteiger partial charge in [0.15, 0.2) is 0 Å². The van der Waals surface area contributed by atoms with Crippen molar-refractivity contribution in [1.29, 1.82) is 0 Å². The van der Waals surface area contributed by atoms with Crippen molar-refractivity contribution in [2.45, 2.75) is 6.42 Å². The number of carbonyl (C=O) groups is 1. The van der Waals surface area contributed by atoms with Crippen molar-refractivity contribution in [3.8, 4) is 5.75 Å².